The molecule has 0 radical (unpaired) electrons. The summed E-state index contributed by atoms with van der Waals surface area (Å²) in [6.45, 7) is 1.40. The number of carbonyl (C=O) groups is 1. The van der Waals surface area contributed by atoms with E-state index in [4.69, 9.17) is 23.2 Å². The van der Waals surface area contributed by atoms with Gasteiger partial charge in [0.2, 0.25) is 11.2 Å². The molecule has 2 aromatic rings. The van der Waals surface area contributed by atoms with Crippen molar-refractivity contribution >= 4 is 45.8 Å². The third kappa shape index (κ3) is 2.23. The van der Waals surface area contributed by atoms with Crippen molar-refractivity contribution in [1.29, 1.82) is 0 Å². The quantitative estimate of drug-likeness (QED) is 0.798. The van der Waals surface area contributed by atoms with E-state index >= 15 is 0 Å². The molecule has 1 amide bonds. The first kappa shape index (κ1) is 11.1. The second-order valence-corrected chi connectivity index (χ2v) is 3.96. The van der Waals surface area contributed by atoms with Gasteiger partial charge in [-0.05, 0) is 29.8 Å². The van der Waals surface area contributed by atoms with Crippen molar-refractivity contribution in [3.05, 3.63) is 28.5 Å². The predicted molar refractivity (Wildman–Crippen MR) is 63.9 cm³/mol. The second-order valence-electron chi connectivity index (χ2n) is 3.18. The maximum atomic E-state index is 11.0. The van der Waals surface area contributed by atoms with Crippen LogP contribution in [0.2, 0.25) is 10.3 Å². The summed E-state index contributed by atoms with van der Waals surface area (Å²) in [5.74, 6) is 0.140. The largest absolute Gasteiger partial charge is 0.310 e. The number of fused-ring (bicyclic) bond motifs is 1. The molecule has 0 fully saturated rings. The Labute approximate surface area is 102 Å². The molecule has 0 bridgehead atoms. The number of benzene rings is 1. The number of hydrogen-bond donors (Lipinski definition) is 1. The number of anilines is 1. The number of halogens is 2. The van der Waals surface area contributed by atoms with Crippen LogP contribution < -0.4 is 5.32 Å². The molecule has 0 saturated heterocycles. The highest BCUT2D eigenvalue weighted by molar-refractivity contribution is 6.31. The van der Waals surface area contributed by atoms with Crippen molar-refractivity contribution in [3.63, 3.8) is 0 Å². The fourth-order valence-corrected chi connectivity index (χ4v) is 1.68. The van der Waals surface area contributed by atoms with E-state index in [9.17, 15) is 4.79 Å². The smallest absolute Gasteiger partial charge is 0.224 e. The van der Waals surface area contributed by atoms with E-state index in [1.165, 1.54) is 6.92 Å². The van der Waals surface area contributed by atoms with E-state index in [0.29, 0.717) is 21.7 Å². The Hall–Kier alpha value is -1.39. The third-order valence-electron chi connectivity index (χ3n) is 1.92. The van der Waals surface area contributed by atoms with E-state index in [2.05, 4.69) is 15.3 Å². The first-order valence-electron chi connectivity index (χ1n) is 4.46. The fraction of sp³-hybridized carbons (Fsp3) is 0.100. The van der Waals surface area contributed by atoms with Gasteiger partial charge < -0.3 is 5.32 Å². The zero-order valence-corrected chi connectivity index (χ0v) is 9.80. The van der Waals surface area contributed by atoms with Crippen molar-refractivity contribution in [3.8, 4) is 0 Å². The molecule has 16 heavy (non-hydrogen) atoms. The summed E-state index contributed by atoms with van der Waals surface area (Å²) in [6, 6.07) is 5.10. The van der Waals surface area contributed by atoms with Crippen molar-refractivity contribution < 1.29 is 4.79 Å². The first-order chi connectivity index (χ1) is 7.56. The lowest BCUT2D eigenvalue weighted by molar-refractivity contribution is -0.114. The first-order valence-corrected chi connectivity index (χ1v) is 5.22. The van der Waals surface area contributed by atoms with Gasteiger partial charge >= 0.3 is 0 Å². The number of carbonyl (C=O) groups excluding carboxylic acids is 1. The number of aromatic nitrogens is 2. The van der Waals surface area contributed by atoms with Crippen molar-refractivity contribution in [2.24, 2.45) is 0 Å². The molecule has 6 heteroatoms. The molecule has 0 saturated carbocycles. The van der Waals surface area contributed by atoms with Crippen LogP contribution in [0.1, 0.15) is 6.92 Å². The Kier molecular flexibility index (Phi) is 2.94. The zero-order valence-electron chi connectivity index (χ0n) is 8.29. The predicted octanol–water partition coefficient (Wildman–Crippen LogP) is 2.90. The Morgan fingerprint density at radius 3 is 2.75 bits per heavy atom. The van der Waals surface area contributed by atoms with E-state index in [0.717, 1.165) is 0 Å². The molecule has 4 nitrogen and oxygen atoms in total. The molecule has 0 aliphatic heterocycles. The lowest BCUT2D eigenvalue weighted by Gasteiger charge is -2.06. The third-order valence-corrected chi connectivity index (χ3v) is 2.33. The summed E-state index contributed by atoms with van der Waals surface area (Å²) in [7, 11) is 0. The van der Waals surface area contributed by atoms with Crippen LogP contribution in [0.4, 0.5) is 5.82 Å². The molecule has 0 unspecified atom stereocenters. The number of nitrogens with zero attached hydrogens (tertiary/aromatic N) is 2. The van der Waals surface area contributed by atoms with E-state index < -0.39 is 0 Å². The van der Waals surface area contributed by atoms with Gasteiger partial charge in [-0.1, -0.05) is 11.6 Å². The van der Waals surface area contributed by atoms with Gasteiger partial charge in [-0.2, -0.15) is 4.98 Å². The van der Waals surface area contributed by atoms with Crippen molar-refractivity contribution in [2.45, 2.75) is 6.92 Å². The van der Waals surface area contributed by atoms with Gasteiger partial charge in [0.1, 0.15) is 5.82 Å². The van der Waals surface area contributed by atoms with E-state index in [1.807, 2.05) is 0 Å². The highest BCUT2D eigenvalue weighted by atomic mass is 35.5. The summed E-state index contributed by atoms with van der Waals surface area (Å²) in [4.78, 5) is 19.0. The van der Waals surface area contributed by atoms with Crippen LogP contribution in [-0.2, 0) is 4.79 Å². The van der Waals surface area contributed by atoms with Gasteiger partial charge in [0.15, 0.2) is 0 Å². The lowest BCUT2D eigenvalue weighted by Crippen LogP contribution is -2.08. The van der Waals surface area contributed by atoms with Gasteiger partial charge in [0.05, 0.1) is 5.52 Å². The average Bonchev–Trinajstić information content (AvgIpc) is 2.18. The molecule has 1 N–H and O–H groups in total. The summed E-state index contributed by atoms with van der Waals surface area (Å²) >= 11 is 11.6. The standard InChI is InChI=1S/C10H7Cl2N3O/c1-5(16)13-9-7-4-6(11)2-3-8(7)14-10(12)15-9/h2-4H,1H3,(H,13,14,15,16). The topological polar surface area (TPSA) is 54.9 Å². The summed E-state index contributed by atoms with van der Waals surface area (Å²) in [5, 5.41) is 3.87. The number of rotatable bonds is 1. The van der Waals surface area contributed by atoms with E-state index in [-0.39, 0.29) is 11.2 Å². The number of hydrogen-bond acceptors (Lipinski definition) is 3. The summed E-state index contributed by atoms with van der Waals surface area (Å²) < 4.78 is 0. The fourth-order valence-electron chi connectivity index (χ4n) is 1.33. The van der Waals surface area contributed by atoms with Crippen LogP contribution in [0.5, 0.6) is 0 Å². The van der Waals surface area contributed by atoms with Gasteiger partial charge in [-0.15, -0.1) is 0 Å². The van der Waals surface area contributed by atoms with Crippen LogP contribution in [0.25, 0.3) is 10.9 Å². The minimum Gasteiger partial charge on any atom is -0.310 e. The molecular formula is C10H7Cl2N3O. The summed E-state index contributed by atoms with van der Waals surface area (Å²) in [6.07, 6.45) is 0. The Bertz CT molecular complexity index is 571. The van der Waals surface area contributed by atoms with Crippen molar-refractivity contribution in [2.75, 3.05) is 5.32 Å². The monoisotopic (exact) mass is 255 g/mol. The normalized spacial score (nSPS) is 10.4. The molecule has 0 aliphatic rings. The molecule has 2 rings (SSSR count). The highest BCUT2D eigenvalue weighted by Gasteiger charge is 2.08. The molecule has 1 heterocycles. The maximum Gasteiger partial charge on any atom is 0.224 e. The van der Waals surface area contributed by atoms with E-state index in [1.54, 1.807) is 18.2 Å². The minimum atomic E-state index is -0.226. The van der Waals surface area contributed by atoms with Crippen LogP contribution in [0.3, 0.4) is 0 Å². The molecule has 0 atom stereocenters. The lowest BCUT2D eigenvalue weighted by atomic mass is 10.2. The molecule has 0 spiro atoms. The summed E-state index contributed by atoms with van der Waals surface area (Å²) in [5.41, 5.74) is 0.633. The number of nitrogens with one attached hydrogen (secondary N) is 1. The molecule has 1 aromatic carbocycles. The van der Waals surface area contributed by atoms with Gasteiger partial charge in [-0.25, -0.2) is 4.98 Å². The Morgan fingerprint density at radius 1 is 1.31 bits per heavy atom. The number of amides is 1. The highest BCUT2D eigenvalue weighted by Crippen LogP contribution is 2.25. The Morgan fingerprint density at radius 2 is 2.06 bits per heavy atom. The van der Waals surface area contributed by atoms with Crippen LogP contribution in [-0.4, -0.2) is 15.9 Å². The van der Waals surface area contributed by atoms with Gasteiger partial charge in [0, 0.05) is 17.3 Å². The Balaban J connectivity index is 2.69. The minimum absolute atomic E-state index is 0.0820. The molecule has 82 valence electrons. The SMILES string of the molecule is CC(=O)Nc1nc(Cl)nc2ccc(Cl)cc12. The van der Waals surface area contributed by atoms with Crippen LogP contribution in [0, 0.1) is 0 Å². The van der Waals surface area contributed by atoms with Crippen LogP contribution >= 0.6 is 23.2 Å². The molecular weight excluding hydrogens is 249 g/mol. The van der Waals surface area contributed by atoms with Crippen molar-refractivity contribution in [1.82, 2.24) is 9.97 Å². The van der Waals surface area contributed by atoms with Gasteiger partial charge in [-0.3, -0.25) is 4.79 Å². The van der Waals surface area contributed by atoms with Gasteiger partial charge in [0.25, 0.3) is 0 Å². The second kappa shape index (κ2) is 4.23. The molecule has 0 aliphatic carbocycles. The maximum absolute atomic E-state index is 11.0. The molecule has 1 aromatic heterocycles. The average molecular weight is 256 g/mol. The van der Waals surface area contributed by atoms with Crippen LogP contribution in [0.15, 0.2) is 18.2 Å². The zero-order chi connectivity index (χ0) is 11.7.